The van der Waals surface area contributed by atoms with E-state index >= 15 is 0 Å². The van der Waals surface area contributed by atoms with Crippen molar-refractivity contribution in [2.45, 2.75) is 24.6 Å². The van der Waals surface area contributed by atoms with Crippen LogP contribution >= 0.6 is 7.82 Å². The van der Waals surface area contributed by atoms with Crippen molar-refractivity contribution in [1.82, 2.24) is 10.0 Å². The van der Waals surface area contributed by atoms with Gasteiger partial charge in [0.05, 0.1) is 14.9 Å². The lowest BCUT2D eigenvalue weighted by Crippen LogP contribution is -2.51. The van der Waals surface area contributed by atoms with Gasteiger partial charge < -0.3 is 23.7 Å². The normalized spacial score (nSPS) is 13.9. The van der Waals surface area contributed by atoms with Crippen LogP contribution in [0.2, 0.25) is 0 Å². The summed E-state index contributed by atoms with van der Waals surface area (Å²) < 4.78 is 70.2. The maximum atomic E-state index is 14.3. The molecule has 0 unspecified atom stereocenters. The SMILES string of the molecule is COc1ccc(-c2ccn(CC[C@](C)(C(=O)NOP(=O)([O-])[O-])S(C)(=O)=O)c(=O)c2)c(F)c1F. The van der Waals surface area contributed by atoms with E-state index < -0.39 is 51.9 Å². The number of hydrogen-bond acceptors (Lipinski definition) is 9. The van der Waals surface area contributed by atoms with Crippen LogP contribution in [0.1, 0.15) is 13.3 Å². The number of ether oxygens (including phenoxy) is 1. The van der Waals surface area contributed by atoms with Gasteiger partial charge in [-0.25, -0.2) is 22.9 Å². The van der Waals surface area contributed by atoms with Crippen LogP contribution in [-0.2, 0) is 30.4 Å². The fraction of sp³-hybridized carbons (Fsp3) is 0.333. The minimum absolute atomic E-state index is 0.0361. The standard InChI is InChI=1S/C18H21F2N2O9PS/c1-18(33(3,28)29,17(24)21-31-32(25,26)27)7-9-22-8-6-11(10-14(22)23)12-4-5-13(30-2)16(20)15(12)19/h4-6,8,10H,7,9H2,1-3H3,(H,21,24)(H2,25,26,27)/p-2/t18-/m1/s1. The van der Waals surface area contributed by atoms with Gasteiger partial charge in [-0.15, -0.1) is 0 Å². The summed E-state index contributed by atoms with van der Waals surface area (Å²) in [5, 5.41) is 0. The molecule has 1 aromatic heterocycles. The maximum absolute atomic E-state index is 14.3. The second-order valence-electron chi connectivity index (χ2n) is 7.11. The Morgan fingerprint density at radius 1 is 1.24 bits per heavy atom. The van der Waals surface area contributed by atoms with Crippen LogP contribution in [0, 0.1) is 11.6 Å². The van der Waals surface area contributed by atoms with Gasteiger partial charge in [-0.2, -0.15) is 4.39 Å². The van der Waals surface area contributed by atoms with E-state index in [-0.39, 0.29) is 23.4 Å². The second-order valence-corrected chi connectivity index (χ2v) is 10.6. The molecule has 0 fully saturated rings. The summed E-state index contributed by atoms with van der Waals surface area (Å²) >= 11 is 0. The number of pyridine rings is 1. The van der Waals surface area contributed by atoms with E-state index in [1.165, 1.54) is 29.9 Å². The predicted octanol–water partition coefficient (Wildman–Crippen LogP) is -0.128. The van der Waals surface area contributed by atoms with Crippen LogP contribution in [0.25, 0.3) is 11.1 Å². The number of carbonyl (C=O) groups excluding carboxylic acids is 1. The fourth-order valence-corrected chi connectivity index (χ4v) is 3.81. The van der Waals surface area contributed by atoms with E-state index in [1.54, 1.807) is 0 Å². The Morgan fingerprint density at radius 2 is 1.88 bits per heavy atom. The Labute approximate surface area is 187 Å². The molecular weight excluding hydrogens is 489 g/mol. The van der Waals surface area contributed by atoms with E-state index in [0.29, 0.717) is 6.26 Å². The number of amides is 1. The first-order valence-corrected chi connectivity index (χ1v) is 12.4. The van der Waals surface area contributed by atoms with Gasteiger partial charge in [0.1, 0.15) is 0 Å². The summed E-state index contributed by atoms with van der Waals surface area (Å²) in [5.41, 5.74) is 0.391. The average molecular weight is 508 g/mol. The third-order valence-electron chi connectivity index (χ3n) is 4.95. The van der Waals surface area contributed by atoms with Crippen LogP contribution in [0.15, 0.2) is 35.3 Å². The van der Waals surface area contributed by atoms with Gasteiger partial charge in [0.25, 0.3) is 11.5 Å². The van der Waals surface area contributed by atoms with Crippen LogP contribution < -0.4 is 25.6 Å². The van der Waals surface area contributed by atoms with Crippen molar-refractivity contribution >= 4 is 23.6 Å². The van der Waals surface area contributed by atoms with E-state index in [9.17, 15) is 41.1 Å². The van der Waals surface area contributed by atoms with Crippen molar-refractivity contribution in [2.24, 2.45) is 0 Å². The Kier molecular flexibility index (Phi) is 7.82. The van der Waals surface area contributed by atoms with E-state index in [1.807, 2.05) is 0 Å². The van der Waals surface area contributed by atoms with Crippen molar-refractivity contribution in [2.75, 3.05) is 13.4 Å². The molecule has 1 atom stereocenters. The predicted molar refractivity (Wildman–Crippen MR) is 107 cm³/mol. The van der Waals surface area contributed by atoms with Gasteiger partial charge in [-0.1, -0.05) is 0 Å². The molecule has 1 heterocycles. The maximum Gasteiger partial charge on any atom is 0.265 e. The fourth-order valence-electron chi connectivity index (χ4n) is 2.78. The highest BCUT2D eigenvalue weighted by Gasteiger charge is 2.43. The molecule has 11 nitrogen and oxygen atoms in total. The molecule has 1 N–H and O–H groups in total. The first-order valence-electron chi connectivity index (χ1n) is 9.04. The molecule has 2 rings (SSSR count). The van der Waals surface area contributed by atoms with E-state index in [4.69, 9.17) is 0 Å². The molecule has 0 saturated carbocycles. The molecule has 2 aromatic rings. The number of methoxy groups -OCH3 is 1. The number of hydrogen-bond donors (Lipinski definition) is 1. The van der Waals surface area contributed by atoms with Gasteiger partial charge >= 0.3 is 0 Å². The number of hydroxylamine groups is 1. The molecule has 182 valence electrons. The second kappa shape index (κ2) is 9.69. The zero-order valence-corrected chi connectivity index (χ0v) is 19.2. The van der Waals surface area contributed by atoms with Crippen molar-refractivity contribution in [3.63, 3.8) is 0 Å². The number of benzene rings is 1. The van der Waals surface area contributed by atoms with Gasteiger partial charge in [0.15, 0.2) is 26.2 Å². The summed E-state index contributed by atoms with van der Waals surface area (Å²) in [6, 6.07) is 4.65. The van der Waals surface area contributed by atoms with Gasteiger partial charge in [0, 0.05) is 30.6 Å². The van der Waals surface area contributed by atoms with Gasteiger partial charge in [0.2, 0.25) is 5.82 Å². The van der Waals surface area contributed by atoms with Crippen molar-refractivity contribution in [3.8, 4) is 16.9 Å². The van der Waals surface area contributed by atoms with Gasteiger partial charge in [-0.3, -0.25) is 9.59 Å². The number of sulfone groups is 1. The van der Waals surface area contributed by atoms with Crippen LogP contribution in [0.3, 0.4) is 0 Å². The lowest BCUT2D eigenvalue weighted by Gasteiger charge is -2.31. The summed E-state index contributed by atoms with van der Waals surface area (Å²) in [6.45, 7) is 0.610. The Morgan fingerprint density at radius 3 is 2.39 bits per heavy atom. The number of nitrogens with one attached hydrogen (secondary N) is 1. The van der Waals surface area contributed by atoms with Crippen LogP contribution in [0.4, 0.5) is 8.78 Å². The third-order valence-corrected chi connectivity index (χ3v) is 7.29. The first-order chi connectivity index (χ1) is 15.1. The first kappa shape index (κ1) is 26.6. The molecule has 1 amide bonds. The average Bonchev–Trinajstić information content (AvgIpc) is 2.71. The Bertz CT molecular complexity index is 1280. The van der Waals surface area contributed by atoms with Crippen molar-refractivity contribution in [3.05, 3.63) is 52.5 Å². The molecule has 0 aliphatic heterocycles. The minimum Gasteiger partial charge on any atom is -0.788 e. The highest BCUT2D eigenvalue weighted by Crippen LogP contribution is 2.29. The molecule has 0 spiro atoms. The molecule has 0 bridgehead atoms. The number of carbonyl (C=O) groups is 1. The quantitative estimate of drug-likeness (QED) is 0.358. The molecule has 0 saturated heterocycles. The molecule has 0 radical (unpaired) electrons. The zero-order valence-electron chi connectivity index (χ0n) is 17.5. The molecular formula is C18H19F2N2O9PS-2. The minimum atomic E-state index is -5.62. The molecule has 0 aliphatic rings. The van der Waals surface area contributed by atoms with E-state index in [0.717, 1.165) is 24.7 Å². The highest BCUT2D eigenvalue weighted by atomic mass is 32.2. The summed E-state index contributed by atoms with van der Waals surface area (Å²) in [6.07, 6.45) is 1.36. The zero-order chi connectivity index (χ0) is 25.2. The summed E-state index contributed by atoms with van der Waals surface area (Å²) in [7, 11) is -8.65. The highest BCUT2D eigenvalue weighted by molar-refractivity contribution is 7.92. The monoisotopic (exact) mass is 508 g/mol. The largest absolute Gasteiger partial charge is 0.788 e. The van der Waals surface area contributed by atoms with E-state index in [2.05, 4.69) is 9.36 Å². The number of nitrogens with zero attached hydrogens (tertiary/aromatic N) is 1. The number of halogens is 2. The lowest BCUT2D eigenvalue weighted by atomic mass is 10.0. The number of rotatable bonds is 9. The molecule has 15 heteroatoms. The molecule has 0 aliphatic carbocycles. The third kappa shape index (κ3) is 6.03. The number of aromatic nitrogens is 1. The summed E-state index contributed by atoms with van der Waals surface area (Å²) in [4.78, 5) is 45.8. The molecule has 1 aromatic carbocycles. The summed E-state index contributed by atoms with van der Waals surface area (Å²) in [5.74, 6) is -4.23. The smallest absolute Gasteiger partial charge is 0.265 e. The lowest BCUT2D eigenvalue weighted by molar-refractivity contribution is -0.345. The van der Waals surface area contributed by atoms with Gasteiger partial charge in [-0.05, 0) is 37.1 Å². The van der Waals surface area contributed by atoms with Crippen LogP contribution in [-0.4, -0.2) is 37.0 Å². The topological polar surface area (TPSA) is 167 Å². The Hall–Kier alpha value is -2.64. The molecule has 33 heavy (non-hydrogen) atoms. The van der Waals surface area contributed by atoms with Crippen molar-refractivity contribution < 1.29 is 45.7 Å². The number of phosphoric acid groups is 1. The van der Waals surface area contributed by atoms with Crippen LogP contribution in [0.5, 0.6) is 5.75 Å². The number of aryl methyl sites for hydroxylation is 1. The Balaban J connectivity index is 2.30. The van der Waals surface area contributed by atoms with Crippen molar-refractivity contribution in [1.29, 1.82) is 0 Å².